The predicted molar refractivity (Wildman–Crippen MR) is 92.8 cm³/mol. The molecule has 0 aliphatic carbocycles. The fraction of sp³-hybridized carbons (Fsp3) is 0.353. The third-order valence-corrected chi connectivity index (χ3v) is 4.29. The van der Waals surface area contributed by atoms with Crippen molar-refractivity contribution in [3.63, 3.8) is 0 Å². The maximum absolute atomic E-state index is 12.7. The van der Waals surface area contributed by atoms with E-state index in [0.29, 0.717) is 24.6 Å². The third-order valence-electron chi connectivity index (χ3n) is 3.42. The number of carbonyl (C=O) groups excluding carboxylic acids is 2. The number of ether oxygens (including phenoxy) is 1. The standard InChI is InChI=1S/C17H21N3O3S/c1-13(19-16(21)15-7-5-11-24-15)17(22)20(9-10-23-2)12-14-6-3-4-8-18-14/h3-8,11,13H,9-10,12H2,1-2H3,(H,19,21)/t13-/m1/s1. The first-order chi connectivity index (χ1) is 11.6. The summed E-state index contributed by atoms with van der Waals surface area (Å²) < 4.78 is 5.08. The van der Waals surface area contributed by atoms with Gasteiger partial charge in [-0.05, 0) is 30.5 Å². The summed E-state index contributed by atoms with van der Waals surface area (Å²) in [7, 11) is 1.59. The molecule has 0 saturated heterocycles. The van der Waals surface area contributed by atoms with E-state index in [9.17, 15) is 9.59 Å². The van der Waals surface area contributed by atoms with E-state index in [2.05, 4.69) is 10.3 Å². The van der Waals surface area contributed by atoms with E-state index >= 15 is 0 Å². The molecule has 2 amide bonds. The van der Waals surface area contributed by atoms with Gasteiger partial charge < -0.3 is 15.0 Å². The lowest BCUT2D eigenvalue weighted by molar-refractivity contribution is -0.134. The molecule has 0 spiro atoms. The Bertz CT molecular complexity index is 646. The first kappa shape index (κ1) is 18.1. The lowest BCUT2D eigenvalue weighted by atomic mass is 10.2. The van der Waals surface area contributed by atoms with Crippen LogP contribution in [-0.2, 0) is 16.1 Å². The number of carbonyl (C=O) groups is 2. The Labute approximate surface area is 145 Å². The van der Waals surface area contributed by atoms with Crippen molar-refractivity contribution in [2.24, 2.45) is 0 Å². The normalized spacial score (nSPS) is 11.8. The van der Waals surface area contributed by atoms with Crippen molar-refractivity contribution >= 4 is 23.2 Å². The molecule has 0 unspecified atom stereocenters. The Hall–Kier alpha value is -2.25. The van der Waals surface area contributed by atoms with Crippen molar-refractivity contribution < 1.29 is 14.3 Å². The van der Waals surface area contributed by atoms with Gasteiger partial charge in [0.25, 0.3) is 5.91 Å². The highest BCUT2D eigenvalue weighted by molar-refractivity contribution is 7.12. The number of pyridine rings is 1. The zero-order valence-corrected chi connectivity index (χ0v) is 14.6. The largest absolute Gasteiger partial charge is 0.383 e. The van der Waals surface area contributed by atoms with Gasteiger partial charge in [-0.15, -0.1) is 11.3 Å². The van der Waals surface area contributed by atoms with Crippen LogP contribution in [0.5, 0.6) is 0 Å². The summed E-state index contributed by atoms with van der Waals surface area (Å²) in [5, 5.41) is 4.57. The van der Waals surface area contributed by atoms with Crippen molar-refractivity contribution in [3.8, 4) is 0 Å². The molecule has 2 aromatic heterocycles. The van der Waals surface area contributed by atoms with Crippen molar-refractivity contribution in [1.29, 1.82) is 0 Å². The van der Waals surface area contributed by atoms with Crippen LogP contribution in [0.4, 0.5) is 0 Å². The smallest absolute Gasteiger partial charge is 0.261 e. The zero-order chi connectivity index (χ0) is 17.4. The van der Waals surface area contributed by atoms with Crippen LogP contribution < -0.4 is 5.32 Å². The van der Waals surface area contributed by atoms with E-state index in [1.807, 2.05) is 23.6 Å². The van der Waals surface area contributed by atoms with Crippen LogP contribution in [0.3, 0.4) is 0 Å². The van der Waals surface area contributed by atoms with Crippen molar-refractivity contribution in [2.45, 2.75) is 19.5 Å². The third kappa shape index (κ3) is 5.14. The lowest BCUT2D eigenvalue weighted by Gasteiger charge is -2.25. The van der Waals surface area contributed by atoms with Crippen LogP contribution in [0.2, 0.25) is 0 Å². The fourth-order valence-corrected chi connectivity index (χ4v) is 2.79. The Balaban J connectivity index is 2.01. The molecule has 2 rings (SSSR count). The second kappa shape index (κ2) is 9.14. The first-order valence-corrected chi connectivity index (χ1v) is 8.51. The topological polar surface area (TPSA) is 71.5 Å². The number of hydrogen-bond acceptors (Lipinski definition) is 5. The second-order valence-electron chi connectivity index (χ2n) is 5.25. The lowest BCUT2D eigenvalue weighted by Crippen LogP contribution is -2.47. The number of thiophene rings is 1. The number of nitrogens with one attached hydrogen (secondary N) is 1. The van der Waals surface area contributed by atoms with Gasteiger partial charge in [-0.1, -0.05) is 12.1 Å². The number of nitrogens with zero attached hydrogens (tertiary/aromatic N) is 2. The Morgan fingerprint density at radius 1 is 1.33 bits per heavy atom. The molecule has 2 heterocycles. The summed E-state index contributed by atoms with van der Waals surface area (Å²) in [5.74, 6) is -0.405. The van der Waals surface area contributed by atoms with Gasteiger partial charge >= 0.3 is 0 Å². The summed E-state index contributed by atoms with van der Waals surface area (Å²) in [6, 6.07) is 8.48. The van der Waals surface area contributed by atoms with Gasteiger partial charge in [-0.25, -0.2) is 0 Å². The molecule has 0 fully saturated rings. The highest BCUT2D eigenvalue weighted by Crippen LogP contribution is 2.09. The highest BCUT2D eigenvalue weighted by Gasteiger charge is 2.23. The van der Waals surface area contributed by atoms with E-state index in [1.165, 1.54) is 11.3 Å². The van der Waals surface area contributed by atoms with Gasteiger partial charge in [0.15, 0.2) is 0 Å². The summed E-state index contributed by atoms with van der Waals surface area (Å²) >= 11 is 1.34. The molecule has 0 aromatic carbocycles. The van der Waals surface area contributed by atoms with Gasteiger partial charge in [-0.3, -0.25) is 14.6 Å². The van der Waals surface area contributed by atoms with Crippen LogP contribution in [0.25, 0.3) is 0 Å². The SMILES string of the molecule is COCCN(Cc1ccccn1)C(=O)[C@@H](C)NC(=O)c1cccs1. The van der Waals surface area contributed by atoms with Gasteiger partial charge in [0.1, 0.15) is 6.04 Å². The van der Waals surface area contributed by atoms with Crippen LogP contribution in [0.15, 0.2) is 41.9 Å². The Morgan fingerprint density at radius 2 is 2.17 bits per heavy atom. The quantitative estimate of drug-likeness (QED) is 0.792. The Morgan fingerprint density at radius 3 is 2.79 bits per heavy atom. The van der Waals surface area contributed by atoms with Crippen molar-refractivity contribution in [1.82, 2.24) is 15.2 Å². The van der Waals surface area contributed by atoms with Gasteiger partial charge in [0, 0.05) is 19.9 Å². The van der Waals surface area contributed by atoms with Crippen molar-refractivity contribution in [2.75, 3.05) is 20.3 Å². The molecule has 1 atom stereocenters. The number of methoxy groups -OCH3 is 1. The molecule has 0 saturated carbocycles. The maximum Gasteiger partial charge on any atom is 0.261 e. The number of amides is 2. The van der Waals surface area contributed by atoms with Crippen LogP contribution in [0.1, 0.15) is 22.3 Å². The van der Waals surface area contributed by atoms with E-state index in [1.54, 1.807) is 37.3 Å². The van der Waals surface area contributed by atoms with E-state index in [4.69, 9.17) is 4.74 Å². The summed E-state index contributed by atoms with van der Waals surface area (Å²) in [6.07, 6.45) is 1.69. The molecule has 0 radical (unpaired) electrons. The summed E-state index contributed by atoms with van der Waals surface area (Å²) in [5.41, 5.74) is 0.790. The van der Waals surface area contributed by atoms with Crippen molar-refractivity contribution in [3.05, 3.63) is 52.5 Å². The molecular weight excluding hydrogens is 326 g/mol. The number of rotatable bonds is 8. The molecule has 7 heteroatoms. The number of hydrogen-bond donors (Lipinski definition) is 1. The molecule has 24 heavy (non-hydrogen) atoms. The maximum atomic E-state index is 12.7. The molecule has 0 bridgehead atoms. The average Bonchev–Trinajstić information content (AvgIpc) is 3.13. The molecular formula is C17H21N3O3S. The molecule has 128 valence electrons. The van der Waals surface area contributed by atoms with Gasteiger partial charge in [-0.2, -0.15) is 0 Å². The zero-order valence-electron chi connectivity index (χ0n) is 13.8. The molecule has 6 nitrogen and oxygen atoms in total. The highest BCUT2D eigenvalue weighted by atomic mass is 32.1. The minimum atomic E-state index is -0.625. The predicted octanol–water partition coefficient (Wildman–Crippen LogP) is 1.94. The van der Waals surface area contributed by atoms with Crippen LogP contribution in [-0.4, -0.2) is 48.0 Å². The summed E-state index contributed by atoms with van der Waals surface area (Å²) in [6.45, 7) is 2.92. The summed E-state index contributed by atoms with van der Waals surface area (Å²) in [4.78, 5) is 31.3. The van der Waals surface area contributed by atoms with E-state index in [-0.39, 0.29) is 11.8 Å². The molecule has 1 N–H and O–H groups in total. The van der Waals surface area contributed by atoms with Gasteiger partial charge in [0.05, 0.1) is 23.7 Å². The molecule has 0 aliphatic heterocycles. The number of aromatic nitrogens is 1. The van der Waals surface area contributed by atoms with Gasteiger partial charge in [0.2, 0.25) is 5.91 Å². The minimum absolute atomic E-state index is 0.164. The monoisotopic (exact) mass is 347 g/mol. The minimum Gasteiger partial charge on any atom is -0.383 e. The average molecular weight is 347 g/mol. The Kier molecular flexibility index (Phi) is 6.89. The second-order valence-corrected chi connectivity index (χ2v) is 6.19. The van der Waals surface area contributed by atoms with Crippen LogP contribution >= 0.6 is 11.3 Å². The molecule has 0 aliphatic rings. The fourth-order valence-electron chi connectivity index (χ4n) is 2.17. The van der Waals surface area contributed by atoms with E-state index in [0.717, 1.165) is 5.69 Å². The van der Waals surface area contributed by atoms with E-state index < -0.39 is 6.04 Å². The first-order valence-electron chi connectivity index (χ1n) is 7.64. The van der Waals surface area contributed by atoms with Crippen LogP contribution in [0, 0.1) is 0 Å². The molecule has 2 aromatic rings.